The lowest BCUT2D eigenvalue weighted by Crippen LogP contribution is -2.25. The normalized spacial score (nSPS) is 14.5. The second kappa shape index (κ2) is 9.65. The van der Waals surface area contributed by atoms with Crippen molar-refractivity contribution in [3.8, 4) is 5.75 Å². The molecule has 7 heteroatoms. The van der Waals surface area contributed by atoms with E-state index in [2.05, 4.69) is 15.9 Å². The fourth-order valence-corrected chi connectivity index (χ4v) is 4.27. The van der Waals surface area contributed by atoms with Crippen LogP contribution in [0.3, 0.4) is 0 Å². The molecule has 166 valence electrons. The number of amides is 1. The summed E-state index contributed by atoms with van der Waals surface area (Å²) in [5.41, 5.74) is 3.03. The van der Waals surface area contributed by atoms with E-state index in [1.807, 2.05) is 55.5 Å². The van der Waals surface area contributed by atoms with Crippen LogP contribution < -0.4 is 9.64 Å². The van der Waals surface area contributed by atoms with E-state index in [0.717, 1.165) is 21.3 Å². The highest BCUT2D eigenvalue weighted by Crippen LogP contribution is 2.39. The number of anilines is 1. The largest absolute Gasteiger partial charge is 0.493 e. The number of aromatic carboxylic acids is 1. The predicted octanol–water partition coefficient (Wildman–Crippen LogP) is 6.67. The Bertz CT molecular complexity index is 1300. The Morgan fingerprint density at radius 1 is 1.12 bits per heavy atom. The molecule has 33 heavy (non-hydrogen) atoms. The number of hydrogen-bond acceptors (Lipinski definition) is 3. The second-order valence-electron chi connectivity index (χ2n) is 7.23. The molecule has 0 atom stereocenters. The minimum atomic E-state index is -1.10. The summed E-state index contributed by atoms with van der Waals surface area (Å²) < 4.78 is 6.34. The summed E-state index contributed by atoms with van der Waals surface area (Å²) in [5.74, 6) is -0.681. The highest BCUT2D eigenvalue weighted by atomic mass is 79.9. The van der Waals surface area contributed by atoms with Gasteiger partial charge in [0.25, 0.3) is 5.91 Å². The highest BCUT2D eigenvalue weighted by molar-refractivity contribution is 9.10. The van der Waals surface area contributed by atoms with E-state index in [1.165, 1.54) is 23.1 Å². The fourth-order valence-electron chi connectivity index (χ4n) is 3.55. The Kier molecular flexibility index (Phi) is 6.67. The van der Waals surface area contributed by atoms with E-state index in [0.29, 0.717) is 23.6 Å². The summed E-state index contributed by atoms with van der Waals surface area (Å²) >= 11 is 9.92. The van der Waals surface area contributed by atoms with Gasteiger partial charge in [-0.1, -0.05) is 48.0 Å². The van der Waals surface area contributed by atoms with Gasteiger partial charge in [-0.25, -0.2) is 4.79 Å². The number of ether oxygens (including phenoxy) is 1. The maximum atomic E-state index is 13.5. The SMILES string of the molecule is CCOc1ccc(/C=C2\C=C(c3ccccc3)N(c3cc(C(=O)O)ccc3Cl)C2=O)cc1Br. The third-order valence-corrected chi connectivity index (χ3v) is 6.00. The van der Waals surface area contributed by atoms with Crippen molar-refractivity contribution in [1.29, 1.82) is 0 Å². The van der Waals surface area contributed by atoms with E-state index in [9.17, 15) is 14.7 Å². The maximum Gasteiger partial charge on any atom is 0.335 e. The van der Waals surface area contributed by atoms with Gasteiger partial charge in [-0.3, -0.25) is 9.69 Å². The minimum absolute atomic E-state index is 0.0440. The average molecular weight is 525 g/mol. The van der Waals surface area contributed by atoms with Crippen LogP contribution in [-0.2, 0) is 4.79 Å². The molecule has 1 aliphatic heterocycles. The van der Waals surface area contributed by atoms with Gasteiger partial charge in [-0.2, -0.15) is 0 Å². The summed E-state index contributed by atoms with van der Waals surface area (Å²) in [6, 6.07) is 19.3. The zero-order valence-corrected chi connectivity index (χ0v) is 19.9. The molecule has 3 aromatic rings. The maximum absolute atomic E-state index is 13.5. The molecular formula is C26H19BrClNO4. The summed E-state index contributed by atoms with van der Waals surface area (Å²) in [7, 11) is 0. The number of rotatable bonds is 6. The zero-order valence-electron chi connectivity index (χ0n) is 17.6. The molecule has 0 unspecified atom stereocenters. The Morgan fingerprint density at radius 3 is 2.55 bits per heavy atom. The summed E-state index contributed by atoms with van der Waals surface area (Å²) in [4.78, 5) is 26.5. The number of benzene rings is 3. The molecule has 0 aromatic heterocycles. The van der Waals surface area contributed by atoms with E-state index >= 15 is 0 Å². The average Bonchev–Trinajstić information content (AvgIpc) is 3.12. The van der Waals surface area contributed by atoms with Crippen molar-refractivity contribution in [2.75, 3.05) is 11.5 Å². The Balaban J connectivity index is 1.82. The van der Waals surface area contributed by atoms with Gasteiger partial charge < -0.3 is 9.84 Å². The van der Waals surface area contributed by atoms with Crippen LogP contribution in [-0.4, -0.2) is 23.6 Å². The topological polar surface area (TPSA) is 66.8 Å². The molecule has 5 nitrogen and oxygen atoms in total. The number of carboxylic acids is 1. The number of halogens is 2. The molecular weight excluding hydrogens is 506 g/mol. The van der Waals surface area contributed by atoms with Gasteiger partial charge in [0.2, 0.25) is 0 Å². The van der Waals surface area contributed by atoms with Crippen molar-refractivity contribution in [3.05, 3.63) is 105 Å². The Labute approximate surface area is 204 Å². The standard InChI is InChI=1S/C26H19BrClNO4/c1-2-33-24-11-8-16(13-20(24)27)12-19-15-22(17-6-4-3-5-7-17)29(25(19)30)23-14-18(26(31)32)9-10-21(23)28/h3-15H,2H2,1H3,(H,31,32)/b19-12+. The van der Waals surface area contributed by atoms with Gasteiger partial charge in [0.1, 0.15) is 5.75 Å². The third kappa shape index (κ3) is 4.72. The van der Waals surface area contributed by atoms with E-state index < -0.39 is 5.97 Å². The van der Waals surface area contributed by atoms with Crippen LogP contribution in [0.1, 0.15) is 28.4 Å². The Morgan fingerprint density at radius 2 is 1.88 bits per heavy atom. The molecule has 1 amide bonds. The molecule has 3 aromatic carbocycles. The van der Waals surface area contributed by atoms with Gasteiger partial charge >= 0.3 is 5.97 Å². The van der Waals surface area contributed by atoms with Gasteiger partial charge in [0, 0.05) is 5.57 Å². The van der Waals surface area contributed by atoms with E-state index in [4.69, 9.17) is 16.3 Å². The van der Waals surface area contributed by atoms with Crippen LogP contribution in [0.15, 0.2) is 82.9 Å². The van der Waals surface area contributed by atoms with Crippen LogP contribution in [0.25, 0.3) is 11.8 Å². The van der Waals surface area contributed by atoms with Gasteiger partial charge in [0.05, 0.1) is 33.1 Å². The van der Waals surface area contributed by atoms with E-state index in [-0.39, 0.29) is 16.5 Å². The van der Waals surface area contributed by atoms with Crippen LogP contribution in [0.2, 0.25) is 5.02 Å². The zero-order chi connectivity index (χ0) is 23.5. The van der Waals surface area contributed by atoms with Crippen LogP contribution >= 0.6 is 27.5 Å². The molecule has 0 aliphatic carbocycles. The molecule has 1 N–H and O–H groups in total. The fraction of sp³-hybridized carbons (Fsp3) is 0.0769. The number of nitrogens with zero attached hydrogens (tertiary/aromatic N) is 1. The lowest BCUT2D eigenvalue weighted by Gasteiger charge is -2.22. The summed E-state index contributed by atoms with van der Waals surface area (Å²) in [6.07, 6.45) is 3.56. The molecule has 0 spiro atoms. The number of carbonyl (C=O) groups excluding carboxylic acids is 1. The van der Waals surface area contributed by atoms with Gasteiger partial charge in [-0.05, 0) is 76.5 Å². The smallest absolute Gasteiger partial charge is 0.335 e. The first-order chi connectivity index (χ1) is 15.9. The van der Waals surface area contributed by atoms with Gasteiger partial charge in [0.15, 0.2) is 0 Å². The number of carboxylic acid groups (broad SMARTS) is 1. The monoisotopic (exact) mass is 523 g/mol. The van der Waals surface area contributed by atoms with Gasteiger partial charge in [-0.15, -0.1) is 0 Å². The van der Waals surface area contributed by atoms with Crippen LogP contribution in [0.4, 0.5) is 5.69 Å². The van der Waals surface area contributed by atoms with Crippen molar-refractivity contribution < 1.29 is 19.4 Å². The molecule has 0 fully saturated rings. The molecule has 0 saturated heterocycles. The summed E-state index contributed by atoms with van der Waals surface area (Å²) in [6.45, 7) is 2.46. The summed E-state index contributed by atoms with van der Waals surface area (Å²) in [5, 5.41) is 9.72. The molecule has 1 aliphatic rings. The first-order valence-electron chi connectivity index (χ1n) is 10.2. The molecule has 0 saturated carbocycles. The van der Waals surface area contributed by atoms with Crippen LogP contribution in [0.5, 0.6) is 5.75 Å². The van der Waals surface area contributed by atoms with Crippen LogP contribution in [0, 0.1) is 0 Å². The van der Waals surface area contributed by atoms with Crippen molar-refractivity contribution in [2.24, 2.45) is 0 Å². The highest BCUT2D eigenvalue weighted by Gasteiger charge is 2.32. The van der Waals surface area contributed by atoms with Crippen molar-refractivity contribution in [1.82, 2.24) is 0 Å². The number of carbonyl (C=O) groups is 2. The van der Waals surface area contributed by atoms with Crippen molar-refractivity contribution in [2.45, 2.75) is 6.92 Å². The minimum Gasteiger partial charge on any atom is -0.493 e. The quantitative estimate of drug-likeness (QED) is 0.366. The molecule has 4 rings (SSSR count). The van der Waals surface area contributed by atoms with Crippen molar-refractivity contribution in [3.63, 3.8) is 0 Å². The predicted molar refractivity (Wildman–Crippen MR) is 134 cm³/mol. The number of hydrogen-bond donors (Lipinski definition) is 1. The third-order valence-electron chi connectivity index (χ3n) is 5.06. The first kappa shape index (κ1) is 22.8. The van der Waals surface area contributed by atoms with Crippen molar-refractivity contribution >= 4 is 56.9 Å². The molecule has 1 heterocycles. The molecule has 0 bridgehead atoms. The molecule has 0 radical (unpaired) electrons. The lowest BCUT2D eigenvalue weighted by molar-refractivity contribution is -0.113. The first-order valence-corrected chi connectivity index (χ1v) is 11.3. The lowest BCUT2D eigenvalue weighted by atomic mass is 10.1. The second-order valence-corrected chi connectivity index (χ2v) is 8.49. The van der Waals surface area contributed by atoms with E-state index in [1.54, 1.807) is 12.2 Å². The Hall–Kier alpha value is -3.35.